The van der Waals surface area contributed by atoms with Crippen LogP contribution in [0.2, 0.25) is 0 Å². The Hall–Kier alpha value is -12.4. The Bertz CT molecular complexity index is 4860. The van der Waals surface area contributed by atoms with Crippen LogP contribution in [0.15, 0.2) is 267 Å². The van der Waals surface area contributed by atoms with Crippen LogP contribution >= 0.6 is 0 Å². The summed E-state index contributed by atoms with van der Waals surface area (Å²) in [4.78, 5) is 28.1. The van der Waals surface area contributed by atoms with E-state index in [0.717, 1.165) is 110 Å². The van der Waals surface area contributed by atoms with Crippen LogP contribution in [0.5, 0.6) is 23.0 Å². The molecule has 0 saturated carbocycles. The number of nitrogens with zero attached hydrogens (tertiary/aromatic N) is 6. The Kier molecular flexibility index (Phi) is 17.6. The molecule has 480 valence electrons. The number of carbonyl (C=O) groups is 2. The lowest BCUT2D eigenvalue weighted by molar-refractivity contribution is -0.117. The van der Waals surface area contributed by atoms with Gasteiger partial charge in [-0.1, -0.05) is 241 Å². The van der Waals surface area contributed by atoms with Crippen LogP contribution < -0.4 is 30.4 Å². The van der Waals surface area contributed by atoms with E-state index in [0.29, 0.717) is 84.6 Å². The fourth-order valence-corrected chi connectivity index (χ4v) is 13.5. The number of fused-ring (bicyclic) bond motifs is 12. The fraction of sp³-hybridized carbons (Fsp3) is 0.119. The van der Waals surface area contributed by atoms with Gasteiger partial charge in [-0.15, -0.1) is 10.2 Å². The summed E-state index contributed by atoms with van der Waals surface area (Å²) in [6.45, 7) is 0.606. The molecule has 0 saturated heterocycles. The van der Waals surface area contributed by atoms with E-state index in [9.17, 15) is 9.59 Å². The highest BCUT2D eigenvalue weighted by molar-refractivity contribution is 6.04. The molecule has 0 unspecified atom stereocenters. The van der Waals surface area contributed by atoms with Crippen LogP contribution in [-0.2, 0) is 61.6 Å². The van der Waals surface area contributed by atoms with E-state index in [1.165, 1.54) is 12.2 Å². The minimum Gasteiger partial charge on any atom is -0.487 e. The Balaban J connectivity index is 0.807. The molecular weight excluding hydrogens is 1220 g/mol. The highest BCUT2D eigenvalue weighted by Crippen LogP contribution is 2.40. The van der Waals surface area contributed by atoms with Crippen LogP contribution in [0.3, 0.4) is 0 Å². The zero-order valence-electron chi connectivity index (χ0n) is 53.8. The summed E-state index contributed by atoms with van der Waals surface area (Å²) >= 11 is 0. The number of carbonyl (C=O) groups excluding carboxylic acids is 2. The largest absolute Gasteiger partial charge is 0.487 e. The zero-order valence-corrected chi connectivity index (χ0v) is 53.8. The highest BCUT2D eigenvalue weighted by atomic mass is 16.5. The number of benzene rings is 12. The van der Waals surface area contributed by atoms with Gasteiger partial charge in [-0.05, 0) is 122 Å². The molecule has 0 aliphatic heterocycles. The van der Waals surface area contributed by atoms with E-state index in [2.05, 4.69) is 154 Å². The van der Waals surface area contributed by atoms with Gasteiger partial charge < -0.3 is 30.4 Å². The fourth-order valence-electron chi connectivity index (χ4n) is 13.5. The molecule has 0 radical (unpaired) electrons. The van der Waals surface area contributed by atoms with Crippen molar-refractivity contribution in [1.29, 1.82) is 0 Å². The number of hydrogen-bond acceptors (Lipinski definition) is 12. The van der Waals surface area contributed by atoms with Gasteiger partial charge in [0.05, 0.1) is 25.5 Å². The van der Waals surface area contributed by atoms with E-state index in [1.807, 2.05) is 131 Å². The van der Waals surface area contributed by atoms with Gasteiger partial charge in [0.2, 0.25) is 0 Å². The van der Waals surface area contributed by atoms with Crippen molar-refractivity contribution < 1.29 is 28.5 Å². The predicted molar refractivity (Wildman–Crippen MR) is 385 cm³/mol. The lowest BCUT2D eigenvalue weighted by Gasteiger charge is -2.22. The second-order valence-corrected chi connectivity index (χ2v) is 24.8. The first-order chi connectivity index (χ1) is 48.2. The van der Waals surface area contributed by atoms with Gasteiger partial charge in [0.25, 0.3) is 0 Å². The standard InChI is InChI=1S/C84H68N8O6/c85-79(55-19-3-1-4-20-55)45-71(93)53-97-83-65-31-17-32-66(83)42-62-28-16-30-64(82(62)96-52-70-48-92(90-88-70)50-78-75-37-13-9-25-59(75)40-60-26-10-14-38-76(60)78)44-68-34-18-33-67(84(68)98-54-72(94)46-80(86)56-21-5-2-6-22-56)43-63-29-15-27-61(41-65)81(63)95-51-69-47-91(89-87-69)49-77-73-35-11-7-23-57(73)39-58-24-8-12-36-74(58)77/h1-40,45-48H,41-44,49-54,85-86H2/b79-45-,80-46-. The van der Waals surface area contributed by atoms with Gasteiger partial charge in [-0.2, -0.15) is 0 Å². The molecule has 14 heteroatoms. The molecule has 14 aromatic rings. The SMILES string of the molecule is N/C(=C\C(=O)COc1c2cccc1Cc1cccc(c1OCc1cn(Cc3c4ccccc4cc4ccccc34)nn1)Cc1cccc(c1OCC(=O)/C=C(\N)c1ccccc1)Cc1cccc(c1OCc1cn(Cc3c4ccccc4cc4ccccc34)nn1)C2)c1ccccc1. The first kappa shape index (κ1) is 61.7. The van der Waals surface area contributed by atoms with E-state index in [-0.39, 0.29) is 38.0 Å². The molecule has 4 N–H and O–H groups in total. The summed E-state index contributed by atoms with van der Waals surface area (Å²) in [5.74, 6) is 1.77. The maximum atomic E-state index is 14.0. The van der Waals surface area contributed by atoms with Crippen LogP contribution in [0, 0.1) is 0 Å². The van der Waals surface area contributed by atoms with Gasteiger partial charge in [0.15, 0.2) is 24.8 Å². The molecule has 12 aromatic carbocycles. The third kappa shape index (κ3) is 13.5. The van der Waals surface area contributed by atoms with Gasteiger partial charge in [-0.3, -0.25) is 9.59 Å². The molecule has 0 amide bonds. The summed E-state index contributed by atoms with van der Waals surface area (Å²) < 4.78 is 31.6. The molecule has 1 aliphatic carbocycles. The van der Waals surface area contributed by atoms with Crippen molar-refractivity contribution in [2.75, 3.05) is 13.2 Å². The molecule has 8 bridgehead atoms. The average molecular weight is 1290 g/mol. The summed E-state index contributed by atoms with van der Waals surface area (Å²) in [5.41, 5.74) is 25.5. The quantitative estimate of drug-likeness (QED) is 0.0544. The van der Waals surface area contributed by atoms with Crippen LogP contribution in [0.25, 0.3) is 54.5 Å². The van der Waals surface area contributed by atoms with E-state index >= 15 is 0 Å². The first-order valence-corrected chi connectivity index (χ1v) is 32.8. The highest BCUT2D eigenvalue weighted by Gasteiger charge is 2.24. The summed E-state index contributed by atoms with van der Waals surface area (Å²) in [6.07, 6.45) is 8.10. The van der Waals surface area contributed by atoms with Gasteiger partial charge in [0, 0.05) is 49.2 Å². The number of para-hydroxylation sites is 4. The molecular formula is C84H68N8O6. The normalized spacial score (nSPS) is 12.4. The van der Waals surface area contributed by atoms with Gasteiger partial charge in [-0.25, -0.2) is 9.36 Å². The average Bonchev–Trinajstić information content (AvgIpc) is 1.04. The Morgan fingerprint density at radius 3 is 0.959 bits per heavy atom. The van der Waals surface area contributed by atoms with Crippen LogP contribution in [-0.4, -0.2) is 54.8 Å². The molecule has 98 heavy (non-hydrogen) atoms. The van der Waals surface area contributed by atoms with Crippen molar-refractivity contribution in [3.05, 3.63) is 345 Å². The summed E-state index contributed by atoms with van der Waals surface area (Å²) in [7, 11) is 0. The molecule has 15 rings (SSSR count). The van der Waals surface area contributed by atoms with Crippen molar-refractivity contribution in [2.45, 2.75) is 52.0 Å². The van der Waals surface area contributed by atoms with Crippen molar-refractivity contribution in [3.63, 3.8) is 0 Å². The maximum absolute atomic E-state index is 14.0. The number of rotatable bonds is 20. The molecule has 2 aromatic heterocycles. The third-order valence-electron chi connectivity index (χ3n) is 18.1. The maximum Gasteiger partial charge on any atom is 0.195 e. The van der Waals surface area contributed by atoms with Gasteiger partial charge >= 0.3 is 0 Å². The third-order valence-corrected chi connectivity index (χ3v) is 18.1. The smallest absolute Gasteiger partial charge is 0.195 e. The summed E-state index contributed by atoms with van der Waals surface area (Å²) in [5, 5.41) is 27.9. The minimum atomic E-state index is -0.300. The molecule has 2 heterocycles. The molecule has 0 atom stereocenters. The van der Waals surface area contributed by atoms with Gasteiger partial charge in [0.1, 0.15) is 47.6 Å². The molecule has 14 nitrogen and oxygen atoms in total. The number of nitrogens with two attached hydrogens (primary N) is 2. The van der Waals surface area contributed by atoms with Crippen LogP contribution in [0.1, 0.15) is 78.1 Å². The summed E-state index contributed by atoms with van der Waals surface area (Å²) in [6, 6.07) is 81.5. The van der Waals surface area contributed by atoms with Crippen molar-refractivity contribution >= 4 is 66.1 Å². The van der Waals surface area contributed by atoms with Crippen molar-refractivity contribution in [1.82, 2.24) is 30.0 Å². The molecule has 1 aliphatic rings. The number of ether oxygens (including phenoxy) is 4. The lowest BCUT2D eigenvalue weighted by Crippen LogP contribution is -2.14. The number of ketones is 2. The lowest BCUT2D eigenvalue weighted by atomic mass is 9.91. The van der Waals surface area contributed by atoms with E-state index < -0.39 is 0 Å². The van der Waals surface area contributed by atoms with E-state index in [4.69, 9.17) is 30.4 Å². The molecule has 0 spiro atoms. The van der Waals surface area contributed by atoms with Crippen LogP contribution in [0.4, 0.5) is 0 Å². The number of aromatic nitrogens is 6. The predicted octanol–water partition coefficient (Wildman–Crippen LogP) is 15.3. The zero-order chi connectivity index (χ0) is 66.3. The minimum absolute atomic E-state index is 0.0928. The first-order valence-electron chi connectivity index (χ1n) is 32.8. The Morgan fingerprint density at radius 1 is 0.357 bits per heavy atom. The number of hydrogen-bond donors (Lipinski definition) is 2. The van der Waals surface area contributed by atoms with E-state index in [1.54, 1.807) is 0 Å². The Labute approximate surface area is 566 Å². The monoisotopic (exact) mass is 1280 g/mol. The molecule has 0 fully saturated rings. The van der Waals surface area contributed by atoms with Crippen molar-refractivity contribution in [3.8, 4) is 23.0 Å². The van der Waals surface area contributed by atoms with Crippen molar-refractivity contribution in [2.24, 2.45) is 11.5 Å². The Morgan fingerprint density at radius 2 is 0.643 bits per heavy atom. The second-order valence-electron chi connectivity index (χ2n) is 24.8. The topological polar surface area (TPSA) is 185 Å². The second kappa shape index (κ2) is 27.9.